The molecule has 0 bridgehead atoms. The maximum atomic E-state index is 5.73. The Labute approximate surface area is 71.6 Å². The zero-order chi connectivity index (χ0) is 7.49. The summed E-state index contributed by atoms with van der Waals surface area (Å²) in [5.41, 5.74) is 0.299. The Balaban J connectivity index is 3.59. The first-order valence-electron chi connectivity index (χ1n) is 3.05. The average Bonchev–Trinajstić information content (AvgIpc) is 1.64. The lowest BCUT2D eigenvalue weighted by atomic mass is 10.3. The summed E-state index contributed by atoms with van der Waals surface area (Å²) in [6.07, 6.45) is 2.13. The van der Waals surface area contributed by atoms with Gasteiger partial charge in [0.05, 0.1) is 0 Å². The van der Waals surface area contributed by atoms with Gasteiger partial charge in [-0.25, -0.2) is 0 Å². The molecule has 1 unspecified atom stereocenters. The first-order chi connectivity index (χ1) is 3.98. The lowest BCUT2D eigenvalue weighted by Gasteiger charge is -2.15. The molecule has 0 fully saturated rings. The van der Waals surface area contributed by atoms with Crippen molar-refractivity contribution in [1.29, 1.82) is 0 Å². The van der Waals surface area contributed by atoms with E-state index in [2.05, 4.69) is 6.92 Å². The molecule has 0 nitrogen and oxygen atoms in total. The number of halogens is 3. The van der Waals surface area contributed by atoms with E-state index in [1.807, 2.05) is 6.92 Å². The molecule has 0 saturated carbocycles. The highest BCUT2D eigenvalue weighted by Crippen LogP contribution is 2.36. The molecule has 56 valence electrons. The molecule has 4 heteroatoms. The summed E-state index contributed by atoms with van der Waals surface area (Å²) in [5.74, 6) is 0. The Bertz CT molecular complexity index is 78.8. The van der Waals surface area contributed by atoms with E-state index in [4.69, 9.17) is 33.2 Å². The van der Waals surface area contributed by atoms with Crippen LogP contribution in [-0.2, 0) is 0 Å². The quantitative estimate of drug-likeness (QED) is 0.485. The van der Waals surface area contributed by atoms with Crippen molar-refractivity contribution in [3.8, 4) is 0 Å². The lowest BCUT2D eigenvalue weighted by molar-refractivity contribution is 0.762. The summed E-state index contributed by atoms with van der Waals surface area (Å²) in [7, 11) is 0. The van der Waals surface area contributed by atoms with Crippen molar-refractivity contribution in [2.24, 2.45) is 0 Å². The highest BCUT2D eigenvalue weighted by molar-refractivity contribution is 7.65. The molecule has 0 aliphatic heterocycles. The molecule has 0 aromatic heterocycles. The van der Waals surface area contributed by atoms with Crippen LogP contribution in [0.2, 0.25) is 5.54 Å². The van der Waals surface area contributed by atoms with Gasteiger partial charge in [-0.1, -0.05) is 26.7 Å². The molecular formula is C5H11Cl3Si. The molecule has 0 aliphatic rings. The van der Waals surface area contributed by atoms with E-state index in [0.717, 1.165) is 12.8 Å². The van der Waals surface area contributed by atoms with Gasteiger partial charge < -0.3 is 0 Å². The molecule has 0 radical (unpaired) electrons. The van der Waals surface area contributed by atoms with Gasteiger partial charge in [-0.05, 0) is 5.54 Å². The fourth-order valence-electron chi connectivity index (χ4n) is 0.597. The van der Waals surface area contributed by atoms with Gasteiger partial charge >= 0.3 is 6.00 Å². The van der Waals surface area contributed by atoms with Gasteiger partial charge in [0.2, 0.25) is 0 Å². The average molecular weight is 206 g/mol. The van der Waals surface area contributed by atoms with Crippen molar-refractivity contribution in [1.82, 2.24) is 0 Å². The van der Waals surface area contributed by atoms with Crippen LogP contribution in [0.1, 0.15) is 26.7 Å². The van der Waals surface area contributed by atoms with Crippen LogP contribution >= 0.6 is 33.2 Å². The van der Waals surface area contributed by atoms with E-state index in [1.54, 1.807) is 0 Å². The highest BCUT2D eigenvalue weighted by atomic mass is 35.8. The third-order valence-electron chi connectivity index (χ3n) is 1.28. The Kier molecular flexibility index (Phi) is 4.56. The zero-order valence-corrected chi connectivity index (χ0v) is 8.89. The standard InChI is InChI=1S/C5H11Cl3Si/c1-3-4-5(2)9(6,7)8/h5H,3-4H2,1-2H3. The summed E-state index contributed by atoms with van der Waals surface area (Å²) in [6, 6.07) is -2.36. The first-order valence-corrected chi connectivity index (χ1v) is 8.16. The number of hydrogen-bond acceptors (Lipinski definition) is 0. The van der Waals surface area contributed by atoms with Crippen LogP contribution in [0.4, 0.5) is 0 Å². The monoisotopic (exact) mass is 204 g/mol. The van der Waals surface area contributed by atoms with Gasteiger partial charge in [0.25, 0.3) is 0 Å². The summed E-state index contributed by atoms with van der Waals surface area (Å²) in [4.78, 5) is 0. The molecule has 0 rings (SSSR count). The van der Waals surface area contributed by atoms with Crippen LogP contribution in [-0.4, -0.2) is 6.00 Å². The molecule has 0 N–H and O–H groups in total. The van der Waals surface area contributed by atoms with E-state index in [0.29, 0.717) is 5.54 Å². The predicted octanol–water partition coefficient (Wildman–Crippen LogP) is 3.83. The minimum atomic E-state index is -2.36. The number of rotatable bonds is 3. The Morgan fingerprint density at radius 2 is 1.78 bits per heavy atom. The van der Waals surface area contributed by atoms with Crippen LogP contribution < -0.4 is 0 Å². The van der Waals surface area contributed by atoms with E-state index < -0.39 is 6.00 Å². The summed E-state index contributed by atoms with van der Waals surface area (Å²) >= 11 is 17.2. The fourth-order valence-corrected chi connectivity index (χ4v) is 2.19. The predicted molar refractivity (Wildman–Crippen MR) is 47.6 cm³/mol. The second-order valence-corrected chi connectivity index (χ2v) is 11.4. The molecule has 0 aliphatic carbocycles. The Morgan fingerprint density at radius 3 is 1.89 bits per heavy atom. The molecule has 0 heterocycles. The number of hydrogen-bond donors (Lipinski definition) is 0. The van der Waals surface area contributed by atoms with E-state index in [1.165, 1.54) is 0 Å². The van der Waals surface area contributed by atoms with Gasteiger partial charge in [-0.2, -0.15) is 0 Å². The van der Waals surface area contributed by atoms with E-state index in [9.17, 15) is 0 Å². The van der Waals surface area contributed by atoms with Gasteiger partial charge in [-0.15, -0.1) is 33.2 Å². The van der Waals surface area contributed by atoms with Crippen molar-refractivity contribution in [2.45, 2.75) is 32.2 Å². The third-order valence-corrected chi connectivity index (χ3v) is 6.04. The molecule has 0 amide bonds. The van der Waals surface area contributed by atoms with Gasteiger partial charge in [0.1, 0.15) is 0 Å². The minimum absolute atomic E-state index is 0.299. The second kappa shape index (κ2) is 4.07. The maximum absolute atomic E-state index is 5.73. The molecule has 0 spiro atoms. The van der Waals surface area contributed by atoms with Gasteiger partial charge in [0, 0.05) is 0 Å². The van der Waals surface area contributed by atoms with Crippen LogP contribution in [0, 0.1) is 0 Å². The van der Waals surface area contributed by atoms with Crippen LogP contribution in [0.3, 0.4) is 0 Å². The molecule has 0 aromatic carbocycles. The summed E-state index contributed by atoms with van der Waals surface area (Å²) in [5, 5.41) is 0. The Hall–Kier alpha value is 1.09. The minimum Gasteiger partial charge on any atom is -0.126 e. The molecule has 1 atom stereocenters. The van der Waals surface area contributed by atoms with Crippen molar-refractivity contribution in [2.75, 3.05) is 0 Å². The molecular weight excluding hydrogens is 194 g/mol. The van der Waals surface area contributed by atoms with Crippen LogP contribution in [0.25, 0.3) is 0 Å². The smallest absolute Gasteiger partial charge is 0.126 e. The van der Waals surface area contributed by atoms with Crippen LogP contribution in [0.15, 0.2) is 0 Å². The molecule has 0 saturated heterocycles. The zero-order valence-electron chi connectivity index (χ0n) is 5.63. The second-order valence-electron chi connectivity index (χ2n) is 2.23. The highest BCUT2D eigenvalue weighted by Gasteiger charge is 2.31. The first kappa shape index (κ1) is 10.1. The van der Waals surface area contributed by atoms with Gasteiger partial charge in [0.15, 0.2) is 0 Å². The van der Waals surface area contributed by atoms with Crippen molar-refractivity contribution in [3.05, 3.63) is 0 Å². The van der Waals surface area contributed by atoms with E-state index >= 15 is 0 Å². The van der Waals surface area contributed by atoms with Crippen LogP contribution in [0.5, 0.6) is 0 Å². The summed E-state index contributed by atoms with van der Waals surface area (Å²) < 4.78 is 0. The van der Waals surface area contributed by atoms with Crippen molar-refractivity contribution < 1.29 is 0 Å². The Morgan fingerprint density at radius 1 is 1.33 bits per heavy atom. The fraction of sp³-hybridized carbons (Fsp3) is 1.00. The summed E-state index contributed by atoms with van der Waals surface area (Å²) in [6.45, 7) is 4.10. The van der Waals surface area contributed by atoms with Gasteiger partial charge in [-0.3, -0.25) is 0 Å². The lowest BCUT2D eigenvalue weighted by Crippen LogP contribution is -2.16. The van der Waals surface area contributed by atoms with Crippen molar-refractivity contribution in [3.63, 3.8) is 0 Å². The third kappa shape index (κ3) is 4.49. The topological polar surface area (TPSA) is 0 Å². The normalized spacial score (nSPS) is 15.7. The molecule has 0 aromatic rings. The largest absolute Gasteiger partial charge is 0.344 e. The molecule has 9 heavy (non-hydrogen) atoms. The maximum Gasteiger partial charge on any atom is 0.344 e. The van der Waals surface area contributed by atoms with Crippen molar-refractivity contribution >= 4 is 39.2 Å². The van der Waals surface area contributed by atoms with E-state index in [-0.39, 0.29) is 0 Å². The SMILES string of the molecule is CCCC(C)[Si](Cl)(Cl)Cl.